The molecule has 4 aliphatic heterocycles. The third-order valence-corrected chi connectivity index (χ3v) is 14.7. The van der Waals surface area contributed by atoms with Crippen LogP contribution in [0.15, 0.2) is 47.2 Å². The summed E-state index contributed by atoms with van der Waals surface area (Å²) < 4.78 is 0. The Morgan fingerprint density at radius 2 is 1.18 bits per heavy atom. The zero-order valence-electron chi connectivity index (χ0n) is 36.7. The van der Waals surface area contributed by atoms with Crippen LogP contribution in [-0.4, -0.2) is 88.8 Å². The van der Waals surface area contributed by atoms with Crippen LogP contribution in [0.3, 0.4) is 0 Å². The first-order valence-corrected chi connectivity index (χ1v) is 23.7. The van der Waals surface area contributed by atoms with E-state index in [0.29, 0.717) is 87.0 Å². The number of ketones is 3. The van der Waals surface area contributed by atoms with Gasteiger partial charge in [0.1, 0.15) is 29.4 Å². The van der Waals surface area contributed by atoms with Gasteiger partial charge < -0.3 is 14.7 Å². The summed E-state index contributed by atoms with van der Waals surface area (Å²) >= 11 is 9.26. The van der Waals surface area contributed by atoms with Gasteiger partial charge in [0.2, 0.25) is 23.6 Å². The van der Waals surface area contributed by atoms with Gasteiger partial charge in [-0.3, -0.25) is 53.8 Å². The second kappa shape index (κ2) is 20.1. The molecule has 6 amide bonds. The average molecular weight is 941 g/mol. The standard InChI is InChI=1S/C25H26N2O5S.C23H24ClN3O4S/c1-14-3-4-16(10-17(14)9-15(2)28)11-18(29)5-7-22-19-12-27(25(32)20(19)13-33-22)21-6-8-23(30)26-24(21)31;1-26(2)18-5-3-13(10-17(18)24)9-14(28)4-7-20-15-11-27(23(31)16(15)12-32-20)19-6-8-21(29)25-22(19)30/h3-4,10,13,21H,5-9,11-12H2,1-2H3,(H,26,30,31);3,5,10,12,19H,4,6-9,11H2,1-2H3,(H,25,29,30). The number of carbonyl (C=O) groups is 9. The van der Waals surface area contributed by atoms with Gasteiger partial charge in [-0.2, -0.15) is 0 Å². The van der Waals surface area contributed by atoms with Crippen molar-refractivity contribution in [1.82, 2.24) is 20.4 Å². The second-order valence-corrected chi connectivity index (χ2v) is 19.5. The maximum atomic E-state index is 12.8. The summed E-state index contributed by atoms with van der Waals surface area (Å²) in [5, 5.41) is 8.85. The molecule has 2 atom stereocenters. The zero-order valence-corrected chi connectivity index (χ0v) is 39.1. The third kappa shape index (κ3) is 10.8. The van der Waals surface area contributed by atoms with Crippen LogP contribution in [0.25, 0.3) is 0 Å². The number of hydrogen-bond acceptors (Lipinski definition) is 12. The van der Waals surface area contributed by atoms with Gasteiger partial charge in [0, 0.05) is 92.6 Å². The first-order valence-electron chi connectivity index (χ1n) is 21.5. The number of anilines is 1. The highest BCUT2D eigenvalue weighted by Gasteiger charge is 2.42. The number of rotatable bonds is 15. The Morgan fingerprint density at radius 1 is 0.708 bits per heavy atom. The fourth-order valence-electron chi connectivity index (χ4n) is 8.68. The molecule has 0 aliphatic carbocycles. The Balaban J connectivity index is 0.000000194. The van der Waals surface area contributed by atoms with Crippen molar-refractivity contribution in [1.29, 1.82) is 0 Å². The van der Waals surface area contributed by atoms with Crippen LogP contribution < -0.4 is 15.5 Å². The van der Waals surface area contributed by atoms with E-state index in [1.165, 1.54) is 27.6 Å². The van der Waals surface area contributed by atoms with E-state index in [1.54, 1.807) is 17.2 Å². The van der Waals surface area contributed by atoms with E-state index in [4.69, 9.17) is 11.6 Å². The number of aryl methyl sites for hydroxylation is 3. The second-order valence-electron chi connectivity index (χ2n) is 17.2. The Hall–Kier alpha value is -5.84. The van der Waals surface area contributed by atoms with E-state index in [2.05, 4.69) is 10.6 Å². The Labute approximate surface area is 389 Å². The molecule has 2 N–H and O–H groups in total. The lowest BCUT2D eigenvalue weighted by Crippen LogP contribution is -2.52. The average Bonchev–Trinajstić information content (AvgIpc) is 4.00. The fourth-order valence-corrected chi connectivity index (χ4v) is 11.1. The number of nitrogens with zero attached hydrogens (tertiary/aromatic N) is 3. The predicted molar refractivity (Wildman–Crippen MR) is 246 cm³/mol. The summed E-state index contributed by atoms with van der Waals surface area (Å²) in [5.74, 6) is -1.53. The number of thiophene rings is 2. The molecule has 4 aliphatic rings. The first kappa shape index (κ1) is 47.1. The van der Waals surface area contributed by atoms with E-state index in [1.807, 2.05) is 67.7 Å². The summed E-state index contributed by atoms with van der Waals surface area (Å²) in [7, 11) is 3.83. The van der Waals surface area contributed by atoms with Gasteiger partial charge in [0.05, 0.1) is 21.8 Å². The number of hydrogen-bond donors (Lipinski definition) is 2. The first-order chi connectivity index (χ1) is 31.0. The van der Waals surface area contributed by atoms with Gasteiger partial charge in [0.25, 0.3) is 11.8 Å². The zero-order chi connectivity index (χ0) is 46.7. The summed E-state index contributed by atoms with van der Waals surface area (Å²) in [6.45, 7) is 4.19. The van der Waals surface area contributed by atoms with Crippen molar-refractivity contribution in [2.45, 2.75) is 110 Å². The summed E-state index contributed by atoms with van der Waals surface area (Å²) in [5.41, 5.74) is 7.67. The molecule has 2 aromatic heterocycles. The van der Waals surface area contributed by atoms with E-state index < -0.39 is 23.9 Å². The molecule has 2 fully saturated rings. The minimum atomic E-state index is -0.632. The van der Waals surface area contributed by atoms with Crippen molar-refractivity contribution < 1.29 is 43.2 Å². The topological polar surface area (TPSA) is 187 Å². The predicted octanol–water partition coefficient (Wildman–Crippen LogP) is 5.67. The molecule has 2 saturated heterocycles. The molecule has 14 nitrogen and oxygen atoms in total. The maximum absolute atomic E-state index is 12.8. The monoisotopic (exact) mass is 939 g/mol. The van der Waals surface area contributed by atoms with Gasteiger partial charge >= 0.3 is 0 Å². The van der Waals surface area contributed by atoms with Crippen LogP contribution in [0.2, 0.25) is 5.02 Å². The number of benzene rings is 2. The molecule has 17 heteroatoms. The number of imide groups is 2. The van der Waals surface area contributed by atoms with Crippen LogP contribution >= 0.6 is 34.3 Å². The number of nitrogens with one attached hydrogen (secondary N) is 2. The number of carbonyl (C=O) groups excluding carboxylic acids is 9. The highest BCUT2D eigenvalue weighted by atomic mass is 35.5. The highest BCUT2D eigenvalue weighted by molar-refractivity contribution is 7.10. The molecule has 6 heterocycles. The lowest BCUT2D eigenvalue weighted by atomic mass is 9.97. The van der Waals surface area contributed by atoms with Crippen molar-refractivity contribution in [3.05, 3.63) is 106 Å². The maximum Gasteiger partial charge on any atom is 0.256 e. The van der Waals surface area contributed by atoms with Crippen LogP contribution in [0, 0.1) is 6.92 Å². The fraction of sp³-hybridized carbons (Fsp3) is 0.396. The molecule has 0 saturated carbocycles. The lowest BCUT2D eigenvalue weighted by molar-refractivity contribution is -0.138. The summed E-state index contributed by atoms with van der Waals surface area (Å²) in [4.78, 5) is 117. The van der Waals surface area contributed by atoms with E-state index >= 15 is 0 Å². The number of halogens is 1. The van der Waals surface area contributed by atoms with E-state index in [0.717, 1.165) is 48.8 Å². The lowest BCUT2D eigenvalue weighted by Gasteiger charge is -2.29. The van der Waals surface area contributed by atoms with Crippen LogP contribution in [0.4, 0.5) is 5.69 Å². The Kier molecular flexibility index (Phi) is 14.6. The molecule has 0 bridgehead atoms. The number of fused-ring (bicyclic) bond motifs is 2. The molecule has 4 aromatic rings. The SMILES string of the molecule is CC(=O)Cc1cc(CC(=O)CCc2scc3c2CN(C2CCC(=O)NC2=O)C3=O)ccc1C.CN(C)c1ccc(CC(=O)CCc2scc3c2CN(C2CCC(=O)NC2=O)C3=O)cc1Cl. The molecule has 2 aromatic carbocycles. The van der Waals surface area contributed by atoms with Crippen molar-refractivity contribution in [2.75, 3.05) is 19.0 Å². The Morgan fingerprint density at radius 3 is 1.63 bits per heavy atom. The molecule has 340 valence electrons. The van der Waals surface area contributed by atoms with Gasteiger partial charge in [-0.1, -0.05) is 35.9 Å². The molecular weight excluding hydrogens is 890 g/mol. The van der Waals surface area contributed by atoms with Crippen molar-refractivity contribution in [3.63, 3.8) is 0 Å². The third-order valence-electron chi connectivity index (χ3n) is 12.2. The van der Waals surface area contributed by atoms with Gasteiger partial charge in [0.15, 0.2) is 0 Å². The molecule has 8 rings (SSSR count). The van der Waals surface area contributed by atoms with E-state index in [-0.39, 0.29) is 53.8 Å². The Bertz CT molecular complexity index is 2630. The van der Waals surface area contributed by atoms with Crippen LogP contribution in [0.1, 0.15) is 109 Å². The van der Waals surface area contributed by atoms with Gasteiger partial charge in [-0.15, -0.1) is 22.7 Å². The number of piperidine rings is 2. The molecule has 65 heavy (non-hydrogen) atoms. The summed E-state index contributed by atoms with van der Waals surface area (Å²) in [6, 6.07) is 10.2. The van der Waals surface area contributed by atoms with Crippen molar-refractivity contribution >= 4 is 92.8 Å². The molecule has 0 spiro atoms. The largest absolute Gasteiger partial charge is 0.376 e. The number of amides is 6. The van der Waals surface area contributed by atoms with Gasteiger partial charge in [-0.25, -0.2) is 0 Å². The van der Waals surface area contributed by atoms with Crippen LogP contribution in [-0.2, 0) is 78.8 Å². The molecular formula is C48H50ClN5O9S2. The minimum absolute atomic E-state index is 0.0917. The minimum Gasteiger partial charge on any atom is -0.376 e. The smallest absolute Gasteiger partial charge is 0.256 e. The molecule has 2 unspecified atom stereocenters. The quantitative estimate of drug-likeness (QED) is 0.141. The van der Waals surface area contributed by atoms with Crippen molar-refractivity contribution in [3.8, 4) is 0 Å². The van der Waals surface area contributed by atoms with Crippen LogP contribution in [0.5, 0.6) is 0 Å². The normalized spacial score (nSPS) is 17.9. The number of Topliss-reactive ketones (excluding diaryl/α,β-unsaturated/α-hetero) is 3. The van der Waals surface area contributed by atoms with E-state index in [9.17, 15) is 43.2 Å². The van der Waals surface area contributed by atoms with Crippen molar-refractivity contribution in [2.24, 2.45) is 0 Å². The van der Waals surface area contributed by atoms with Gasteiger partial charge in [-0.05, 0) is 85.0 Å². The highest BCUT2D eigenvalue weighted by Crippen LogP contribution is 2.36. The summed E-state index contributed by atoms with van der Waals surface area (Å²) in [6.07, 6.45) is 3.93. The molecule has 0 radical (unpaired) electrons.